The van der Waals surface area contributed by atoms with Crippen molar-refractivity contribution in [2.24, 2.45) is 0 Å². The van der Waals surface area contributed by atoms with Crippen LogP contribution in [0.25, 0.3) is 11.4 Å². The van der Waals surface area contributed by atoms with Gasteiger partial charge in [0.2, 0.25) is 0 Å². The van der Waals surface area contributed by atoms with E-state index < -0.39 is 0 Å². The molecule has 2 rings (SSSR count). The van der Waals surface area contributed by atoms with Crippen molar-refractivity contribution in [3.05, 3.63) is 29.8 Å². The number of ether oxygens (including phenoxy) is 2. The molecule has 2 aromatic rings. The van der Waals surface area contributed by atoms with Gasteiger partial charge in [-0.25, -0.2) is 4.98 Å². The smallest absolute Gasteiger partial charge is 0.123 e. The van der Waals surface area contributed by atoms with Gasteiger partial charge < -0.3 is 14.5 Å². The van der Waals surface area contributed by atoms with Gasteiger partial charge in [-0.15, -0.1) is 0 Å². The van der Waals surface area contributed by atoms with E-state index >= 15 is 0 Å². The summed E-state index contributed by atoms with van der Waals surface area (Å²) in [4.78, 5) is 12.4. The van der Waals surface area contributed by atoms with E-state index in [-0.39, 0.29) is 5.41 Å². The van der Waals surface area contributed by atoms with Gasteiger partial charge in [0.25, 0.3) is 0 Å². The number of pyridine rings is 1. The highest BCUT2D eigenvalue weighted by Gasteiger charge is 2.23. The van der Waals surface area contributed by atoms with E-state index in [2.05, 4.69) is 35.7 Å². The molecule has 0 aromatic carbocycles. The van der Waals surface area contributed by atoms with Crippen LogP contribution in [-0.4, -0.2) is 35.3 Å². The molecule has 0 amide bonds. The van der Waals surface area contributed by atoms with Crippen LogP contribution in [0.5, 0.6) is 5.75 Å². The first-order chi connectivity index (χ1) is 10.4. The molecule has 0 aliphatic heterocycles. The molecular weight excluding hydrogens is 278 g/mol. The van der Waals surface area contributed by atoms with Crippen molar-refractivity contribution >= 4 is 0 Å². The Balaban J connectivity index is 2.23. The molecule has 0 aliphatic rings. The number of hydrogen-bond acceptors (Lipinski definition) is 4. The van der Waals surface area contributed by atoms with Gasteiger partial charge >= 0.3 is 0 Å². The zero-order valence-corrected chi connectivity index (χ0v) is 14.1. The van der Waals surface area contributed by atoms with E-state index in [0.717, 1.165) is 35.1 Å². The molecule has 0 saturated carbocycles. The molecule has 0 atom stereocenters. The number of imidazole rings is 1. The van der Waals surface area contributed by atoms with Crippen LogP contribution in [-0.2, 0) is 10.2 Å². The van der Waals surface area contributed by atoms with E-state index in [9.17, 15) is 0 Å². The molecule has 0 saturated heterocycles. The number of aromatic nitrogens is 3. The largest absolute Gasteiger partial charge is 0.493 e. The molecule has 0 bridgehead atoms. The van der Waals surface area contributed by atoms with Crippen LogP contribution in [0.3, 0.4) is 0 Å². The molecule has 5 heteroatoms. The molecule has 0 aliphatic carbocycles. The van der Waals surface area contributed by atoms with E-state index in [4.69, 9.17) is 9.47 Å². The lowest BCUT2D eigenvalue weighted by atomic mass is 9.90. The fourth-order valence-corrected chi connectivity index (χ4v) is 2.25. The number of methoxy groups -OCH3 is 1. The normalized spacial score (nSPS) is 11.7. The van der Waals surface area contributed by atoms with Crippen LogP contribution < -0.4 is 4.74 Å². The predicted molar refractivity (Wildman–Crippen MR) is 87.2 cm³/mol. The second-order valence-corrected chi connectivity index (χ2v) is 6.37. The molecule has 120 valence electrons. The third kappa shape index (κ3) is 4.07. The molecule has 0 unspecified atom stereocenters. The van der Waals surface area contributed by atoms with Crippen molar-refractivity contribution in [3.8, 4) is 17.1 Å². The third-order valence-corrected chi connectivity index (χ3v) is 3.28. The van der Waals surface area contributed by atoms with Gasteiger partial charge in [0.1, 0.15) is 11.6 Å². The molecule has 0 radical (unpaired) electrons. The van der Waals surface area contributed by atoms with Gasteiger partial charge in [-0.3, -0.25) is 4.98 Å². The van der Waals surface area contributed by atoms with Crippen LogP contribution in [0.15, 0.2) is 18.3 Å². The summed E-state index contributed by atoms with van der Waals surface area (Å²) in [6.45, 7) is 9.74. The maximum atomic E-state index is 5.75. The number of hydrogen-bond donors (Lipinski definition) is 1. The summed E-state index contributed by atoms with van der Waals surface area (Å²) in [6, 6.07) is 3.82. The number of H-pyrrole nitrogens is 1. The Bertz CT molecular complexity index is 615. The maximum absolute atomic E-state index is 5.75. The van der Waals surface area contributed by atoms with Gasteiger partial charge in [-0.1, -0.05) is 20.8 Å². The lowest BCUT2D eigenvalue weighted by molar-refractivity contribution is 0.172. The molecule has 5 nitrogen and oxygen atoms in total. The van der Waals surface area contributed by atoms with Crippen molar-refractivity contribution in [2.45, 2.75) is 39.5 Å². The van der Waals surface area contributed by atoms with Crippen LogP contribution in [0.4, 0.5) is 0 Å². The van der Waals surface area contributed by atoms with Crippen molar-refractivity contribution in [2.75, 3.05) is 20.3 Å². The van der Waals surface area contributed by atoms with Crippen LogP contribution in [0, 0.1) is 6.92 Å². The highest BCUT2D eigenvalue weighted by Crippen LogP contribution is 2.31. The Morgan fingerprint density at radius 2 is 2.00 bits per heavy atom. The summed E-state index contributed by atoms with van der Waals surface area (Å²) in [6.07, 6.45) is 2.63. The summed E-state index contributed by atoms with van der Waals surface area (Å²) in [5.41, 5.74) is 2.80. The monoisotopic (exact) mass is 303 g/mol. The zero-order chi connectivity index (χ0) is 16.2. The Labute approximate surface area is 132 Å². The van der Waals surface area contributed by atoms with Crippen LogP contribution in [0.1, 0.15) is 38.7 Å². The van der Waals surface area contributed by atoms with Gasteiger partial charge in [0.05, 0.1) is 23.7 Å². The minimum Gasteiger partial charge on any atom is -0.493 e. The lowest BCUT2D eigenvalue weighted by Crippen LogP contribution is -2.13. The average Bonchev–Trinajstić information content (AvgIpc) is 2.86. The van der Waals surface area contributed by atoms with Gasteiger partial charge in [0.15, 0.2) is 0 Å². The first-order valence-corrected chi connectivity index (χ1v) is 7.57. The van der Waals surface area contributed by atoms with E-state index in [1.165, 1.54) is 0 Å². The van der Waals surface area contributed by atoms with E-state index in [0.29, 0.717) is 13.2 Å². The molecule has 0 fully saturated rings. The molecule has 2 aromatic heterocycles. The quantitative estimate of drug-likeness (QED) is 0.830. The summed E-state index contributed by atoms with van der Waals surface area (Å²) >= 11 is 0. The third-order valence-electron chi connectivity index (χ3n) is 3.28. The Kier molecular flexibility index (Phi) is 5.19. The highest BCUT2D eigenvalue weighted by molar-refractivity contribution is 5.60. The summed E-state index contributed by atoms with van der Waals surface area (Å²) < 4.78 is 10.8. The maximum Gasteiger partial charge on any atom is 0.123 e. The van der Waals surface area contributed by atoms with Crippen molar-refractivity contribution in [1.29, 1.82) is 0 Å². The standard InChI is InChI=1S/C17H25N3O2/c1-12-19-15(16(20-12)17(2,3)4)14-11-13(7-8-18-14)22-10-6-9-21-5/h7-8,11H,6,9-10H2,1-5H3,(H,19,20). The molecule has 22 heavy (non-hydrogen) atoms. The topological polar surface area (TPSA) is 60.0 Å². The first-order valence-electron chi connectivity index (χ1n) is 7.57. The second-order valence-electron chi connectivity index (χ2n) is 6.37. The van der Waals surface area contributed by atoms with E-state index in [1.807, 2.05) is 19.1 Å². The van der Waals surface area contributed by atoms with Crippen LogP contribution >= 0.6 is 0 Å². The van der Waals surface area contributed by atoms with Crippen molar-refractivity contribution < 1.29 is 9.47 Å². The fraction of sp³-hybridized carbons (Fsp3) is 0.529. The summed E-state index contributed by atoms with van der Waals surface area (Å²) in [5.74, 6) is 1.71. The fourth-order valence-electron chi connectivity index (χ4n) is 2.25. The number of aromatic amines is 1. The second kappa shape index (κ2) is 6.92. The first kappa shape index (κ1) is 16.5. The molecule has 0 spiro atoms. The number of rotatable bonds is 6. The number of nitrogens with one attached hydrogen (secondary N) is 1. The Morgan fingerprint density at radius 1 is 1.23 bits per heavy atom. The molecule has 1 N–H and O–H groups in total. The zero-order valence-electron chi connectivity index (χ0n) is 14.1. The van der Waals surface area contributed by atoms with Crippen LogP contribution in [0.2, 0.25) is 0 Å². The Morgan fingerprint density at radius 3 is 2.68 bits per heavy atom. The minimum atomic E-state index is -0.0445. The minimum absolute atomic E-state index is 0.0445. The summed E-state index contributed by atoms with van der Waals surface area (Å²) in [5, 5.41) is 0. The van der Waals surface area contributed by atoms with Crippen molar-refractivity contribution in [3.63, 3.8) is 0 Å². The molecular formula is C17H25N3O2. The number of nitrogens with zero attached hydrogens (tertiary/aromatic N) is 2. The van der Waals surface area contributed by atoms with Gasteiger partial charge in [-0.2, -0.15) is 0 Å². The lowest BCUT2D eigenvalue weighted by Gasteiger charge is -2.17. The number of aryl methyl sites for hydroxylation is 1. The van der Waals surface area contributed by atoms with E-state index in [1.54, 1.807) is 13.3 Å². The summed E-state index contributed by atoms with van der Waals surface area (Å²) in [7, 11) is 1.69. The molecule has 2 heterocycles. The van der Waals surface area contributed by atoms with Gasteiger partial charge in [-0.05, 0) is 13.0 Å². The highest BCUT2D eigenvalue weighted by atomic mass is 16.5. The predicted octanol–water partition coefficient (Wildman–Crippen LogP) is 3.49. The van der Waals surface area contributed by atoms with Crippen molar-refractivity contribution in [1.82, 2.24) is 15.0 Å². The average molecular weight is 303 g/mol. The SMILES string of the molecule is COCCCOc1ccnc(-c2[nH]c(C)nc2C(C)(C)C)c1. The van der Waals surface area contributed by atoms with Gasteiger partial charge in [0, 0.05) is 37.8 Å². The Hall–Kier alpha value is -1.88.